The second-order valence-electron chi connectivity index (χ2n) is 4.56. The topological polar surface area (TPSA) is 50.7 Å². The van der Waals surface area contributed by atoms with Gasteiger partial charge in [0.1, 0.15) is 5.01 Å². The van der Waals surface area contributed by atoms with Crippen LogP contribution in [0.1, 0.15) is 30.1 Å². The Morgan fingerprint density at radius 3 is 2.80 bits per heavy atom. The molecule has 0 aliphatic rings. The second-order valence-corrected chi connectivity index (χ2v) is 5.49. The zero-order chi connectivity index (χ0) is 13.8. The lowest BCUT2D eigenvalue weighted by molar-refractivity contribution is 0.512. The Morgan fingerprint density at radius 1 is 1.20 bits per heavy atom. The molecule has 0 saturated heterocycles. The molecule has 0 aliphatic carbocycles. The summed E-state index contributed by atoms with van der Waals surface area (Å²) in [4.78, 5) is 13.4. The van der Waals surface area contributed by atoms with E-state index in [9.17, 15) is 0 Å². The maximum Gasteiger partial charge on any atom is 0.109 e. The van der Waals surface area contributed by atoms with Gasteiger partial charge in [0.05, 0.1) is 29.0 Å². The van der Waals surface area contributed by atoms with Crippen LogP contribution in [0.15, 0.2) is 42.0 Å². The standard InChI is InChI=1S/C15H16N4S/c1-2-12(15-16-7-8-20-15)17-9-11-10-18-13-5-3-4-6-14(13)19-11/h3-8,10,12,17H,2,9H2,1H3. The van der Waals surface area contributed by atoms with Crippen LogP contribution in [0.3, 0.4) is 0 Å². The highest BCUT2D eigenvalue weighted by Crippen LogP contribution is 2.19. The van der Waals surface area contributed by atoms with Gasteiger partial charge in [0.15, 0.2) is 0 Å². The molecule has 0 fully saturated rings. The molecule has 102 valence electrons. The summed E-state index contributed by atoms with van der Waals surface area (Å²) in [5.74, 6) is 0. The van der Waals surface area contributed by atoms with Gasteiger partial charge in [-0.1, -0.05) is 19.1 Å². The van der Waals surface area contributed by atoms with Gasteiger partial charge < -0.3 is 5.32 Å². The smallest absolute Gasteiger partial charge is 0.109 e. The van der Waals surface area contributed by atoms with Crippen molar-refractivity contribution >= 4 is 22.4 Å². The number of nitrogens with one attached hydrogen (secondary N) is 1. The van der Waals surface area contributed by atoms with Crippen molar-refractivity contribution in [2.24, 2.45) is 0 Å². The van der Waals surface area contributed by atoms with Gasteiger partial charge in [-0.3, -0.25) is 4.98 Å². The molecule has 5 heteroatoms. The number of thiazole rings is 1. The van der Waals surface area contributed by atoms with Gasteiger partial charge in [0.25, 0.3) is 0 Å². The normalized spacial score (nSPS) is 12.7. The highest BCUT2D eigenvalue weighted by atomic mass is 32.1. The van der Waals surface area contributed by atoms with Crippen molar-refractivity contribution in [2.45, 2.75) is 25.9 Å². The van der Waals surface area contributed by atoms with Crippen LogP contribution in [0.25, 0.3) is 11.0 Å². The summed E-state index contributed by atoms with van der Waals surface area (Å²) in [6, 6.07) is 8.21. The lowest BCUT2D eigenvalue weighted by Crippen LogP contribution is -2.20. The first-order valence-corrected chi connectivity index (χ1v) is 7.58. The Bertz CT molecular complexity index is 681. The number of hydrogen-bond acceptors (Lipinski definition) is 5. The molecule has 0 bridgehead atoms. The van der Waals surface area contributed by atoms with Crippen LogP contribution < -0.4 is 5.32 Å². The summed E-state index contributed by atoms with van der Waals surface area (Å²) in [5.41, 5.74) is 2.83. The molecular weight excluding hydrogens is 268 g/mol. The largest absolute Gasteiger partial charge is 0.302 e. The van der Waals surface area contributed by atoms with E-state index in [0.29, 0.717) is 6.54 Å². The van der Waals surface area contributed by atoms with E-state index in [1.807, 2.05) is 42.0 Å². The highest BCUT2D eigenvalue weighted by Gasteiger charge is 2.11. The summed E-state index contributed by atoms with van der Waals surface area (Å²) < 4.78 is 0. The van der Waals surface area contributed by atoms with Gasteiger partial charge >= 0.3 is 0 Å². The van der Waals surface area contributed by atoms with Crippen molar-refractivity contribution in [1.82, 2.24) is 20.3 Å². The minimum absolute atomic E-state index is 0.281. The van der Waals surface area contributed by atoms with E-state index in [2.05, 4.69) is 27.2 Å². The Labute approximate surface area is 121 Å². The number of para-hydroxylation sites is 2. The van der Waals surface area contributed by atoms with Gasteiger partial charge in [-0.25, -0.2) is 9.97 Å². The quantitative estimate of drug-likeness (QED) is 0.781. The SMILES string of the molecule is CCC(NCc1cnc2ccccc2n1)c1nccs1. The molecule has 1 aromatic carbocycles. The van der Waals surface area contributed by atoms with Crippen molar-refractivity contribution in [1.29, 1.82) is 0 Å². The fourth-order valence-electron chi connectivity index (χ4n) is 2.12. The van der Waals surface area contributed by atoms with Crippen LogP contribution in [0.4, 0.5) is 0 Å². The molecule has 3 aromatic rings. The van der Waals surface area contributed by atoms with Gasteiger partial charge in [-0.2, -0.15) is 0 Å². The molecule has 0 saturated carbocycles. The number of benzene rings is 1. The van der Waals surface area contributed by atoms with E-state index in [1.54, 1.807) is 11.3 Å². The summed E-state index contributed by atoms with van der Waals surface area (Å²) >= 11 is 1.68. The maximum absolute atomic E-state index is 4.62. The third-order valence-electron chi connectivity index (χ3n) is 3.19. The van der Waals surface area contributed by atoms with Gasteiger partial charge in [-0.15, -0.1) is 11.3 Å². The zero-order valence-electron chi connectivity index (χ0n) is 11.3. The molecule has 3 rings (SSSR count). The highest BCUT2D eigenvalue weighted by molar-refractivity contribution is 7.09. The molecule has 4 nitrogen and oxygen atoms in total. The number of rotatable bonds is 5. The molecule has 0 amide bonds. The van der Waals surface area contributed by atoms with Crippen LogP contribution in [0.2, 0.25) is 0 Å². The molecule has 2 heterocycles. The van der Waals surface area contributed by atoms with Crippen molar-refractivity contribution in [3.63, 3.8) is 0 Å². The average molecular weight is 284 g/mol. The fourth-order valence-corrected chi connectivity index (χ4v) is 2.92. The van der Waals surface area contributed by atoms with E-state index in [-0.39, 0.29) is 6.04 Å². The van der Waals surface area contributed by atoms with Gasteiger partial charge in [0.2, 0.25) is 0 Å². The molecule has 1 atom stereocenters. The second kappa shape index (κ2) is 6.07. The molecule has 0 aliphatic heterocycles. The number of aromatic nitrogens is 3. The predicted molar refractivity (Wildman–Crippen MR) is 81.5 cm³/mol. The Hall–Kier alpha value is -1.85. The van der Waals surface area contributed by atoms with Crippen LogP contribution in [-0.2, 0) is 6.54 Å². The monoisotopic (exact) mass is 284 g/mol. The summed E-state index contributed by atoms with van der Waals surface area (Å²) in [5, 5.41) is 6.63. The lowest BCUT2D eigenvalue weighted by atomic mass is 10.2. The van der Waals surface area contributed by atoms with E-state index in [4.69, 9.17) is 0 Å². The third kappa shape index (κ3) is 2.84. The van der Waals surface area contributed by atoms with Gasteiger partial charge in [-0.05, 0) is 18.6 Å². The average Bonchev–Trinajstić information content (AvgIpc) is 3.02. The van der Waals surface area contributed by atoms with Crippen LogP contribution in [0.5, 0.6) is 0 Å². The number of nitrogens with zero attached hydrogens (tertiary/aromatic N) is 3. The molecular formula is C15H16N4S. The molecule has 0 spiro atoms. The van der Waals surface area contributed by atoms with Crippen molar-refractivity contribution in [2.75, 3.05) is 0 Å². The van der Waals surface area contributed by atoms with Crippen LogP contribution in [0, 0.1) is 0 Å². The molecule has 0 radical (unpaired) electrons. The fraction of sp³-hybridized carbons (Fsp3) is 0.267. The minimum Gasteiger partial charge on any atom is -0.302 e. The molecule has 1 N–H and O–H groups in total. The van der Waals surface area contributed by atoms with E-state index >= 15 is 0 Å². The first kappa shape index (κ1) is 13.1. The minimum atomic E-state index is 0.281. The van der Waals surface area contributed by atoms with Gasteiger partial charge in [0, 0.05) is 18.1 Å². The lowest BCUT2D eigenvalue weighted by Gasteiger charge is -2.13. The predicted octanol–water partition coefficient (Wildman–Crippen LogP) is 3.33. The number of hydrogen-bond donors (Lipinski definition) is 1. The van der Waals surface area contributed by atoms with Crippen molar-refractivity contribution in [3.8, 4) is 0 Å². The Morgan fingerprint density at radius 2 is 2.05 bits per heavy atom. The zero-order valence-corrected chi connectivity index (χ0v) is 12.1. The Balaban J connectivity index is 1.73. The van der Waals surface area contributed by atoms with Crippen LogP contribution in [-0.4, -0.2) is 15.0 Å². The number of fused-ring (bicyclic) bond motifs is 1. The molecule has 2 aromatic heterocycles. The Kier molecular flexibility index (Phi) is 3.99. The summed E-state index contributed by atoms with van der Waals surface area (Å²) in [6.45, 7) is 2.86. The molecule has 20 heavy (non-hydrogen) atoms. The van der Waals surface area contributed by atoms with Crippen molar-refractivity contribution in [3.05, 3.63) is 52.7 Å². The third-order valence-corrected chi connectivity index (χ3v) is 4.08. The maximum atomic E-state index is 4.62. The van der Waals surface area contributed by atoms with E-state index < -0.39 is 0 Å². The summed E-state index contributed by atoms with van der Waals surface area (Å²) in [6.07, 6.45) is 4.69. The summed E-state index contributed by atoms with van der Waals surface area (Å²) in [7, 11) is 0. The van der Waals surface area contributed by atoms with E-state index in [1.165, 1.54) is 0 Å². The molecule has 1 unspecified atom stereocenters. The first-order valence-electron chi connectivity index (χ1n) is 6.70. The van der Waals surface area contributed by atoms with E-state index in [0.717, 1.165) is 28.2 Å². The first-order chi connectivity index (χ1) is 9.86. The van der Waals surface area contributed by atoms with Crippen molar-refractivity contribution < 1.29 is 0 Å². The van der Waals surface area contributed by atoms with Crippen LogP contribution >= 0.6 is 11.3 Å².